The van der Waals surface area contributed by atoms with E-state index in [-0.39, 0.29) is 24.0 Å². The third-order valence-corrected chi connectivity index (χ3v) is 6.93. The Morgan fingerprint density at radius 2 is 1.97 bits per heavy atom. The summed E-state index contributed by atoms with van der Waals surface area (Å²) in [6.07, 6.45) is 7.95. The van der Waals surface area contributed by atoms with E-state index < -0.39 is 0 Å². The lowest BCUT2D eigenvalue weighted by Gasteiger charge is -2.38. The van der Waals surface area contributed by atoms with Crippen LogP contribution in [0.2, 0.25) is 0 Å². The van der Waals surface area contributed by atoms with E-state index in [1.54, 1.807) is 17.6 Å². The third-order valence-electron chi connectivity index (χ3n) is 6.93. The fourth-order valence-electron chi connectivity index (χ4n) is 5.14. The summed E-state index contributed by atoms with van der Waals surface area (Å²) in [6, 6.07) is 4.02. The van der Waals surface area contributed by atoms with Crippen LogP contribution < -0.4 is 5.32 Å². The zero-order valence-electron chi connectivity index (χ0n) is 17.7. The number of aryl methyl sites for hydroxylation is 1. The van der Waals surface area contributed by atoms with Crippen molar-refractivity contribution in [1.29, 1.82) is 0 Å². The molecule has 0 bridgehead atoms. The third kappa shape index (κ3) is 3.83. The van der Waals surface area contributed by atoms with Crippen molar-refractivity contribution in [2.24, 2.45) is 17.8 Å². The van der Waals surface area contributed by atoms with Crippen molar-refractivity contribution in [3.63, 3.8) is 0 Å². The molecule has 1 aliphatic heterocycles. The SMILES string of the molecule is CC(=O)N[C@@H]1C[C@@H]2CN(C(=O)c3cnn4cc(C)ccc34)C[C@@H]2C[C@H]1OCC1CC1. The zero-order chi connectivity index (χ0) is 20.8. The van der Waals surface area contributed by atoms with E-state index in [4.69, 9.17) is 4.74 Å². The number of hydrogen-bond acceptors (Lipinski definition) is 4. The first-order valence-corrected chi connectivity index (χ1v) is 11.1. The first kappa shape index (κ1) is 19.5. The number of fused-ring (bicyclic) bond motifs is 2. The Bertz CT molecular complexity index is 967. The van der Waals surface area contributed by atoms with Gasteiger partial charge in [0.2, 0.25) is 5.91 Å². The summed E-state index contributed by atoms with van der Waals surface area (Å²) in [6.45, 7) is 5.87. The number of nitrogens with one attached hydrogen (secondary N) is 1. The first-order valence-electron chi connectivity index (χ1n) is 11.1. The lowest BCUT2D eigenvalue weighted by atomic mass is 9.77. The molecule has 5 rings (SSSR count). The number of aromatic nitrogens is 2. The van der Waals surface area contributed by atoms with E-state index in [9.17, 15) is 9.59 Å². The minimum atomic E-state index is -0.00829. The summed E-state index contributed by atoms with van der Waals surface area (Å²) in [5.41, 5.74) is 2.62. The molecule has 30 heavy (non-hydrogen) atoms. The van der Waals surface area contributed by atoms with Crippen molar-refractivity contribution in [2.45, 2.75) is 51.7 Å². The Hall–Kier alpha value is -2.41. The molecule has 7 heteroatoms. The second kappa shape index (κ2) is 7.69. The van der Waals surface area contributed by atoms with Gasteiger partial charge in [0, 0.05) is 32.8 Å². The second-order valence-corrected chi connectivity index (χ2v) is 9.42. The standard InChI is InChI=1S/C23H30N4O3/c1-14-3-6-21-19(9-24-27(21)10-14)23(29)26-11-17-7-20(25-15(2)28)22(8-18(17)12-26)30-13-16-4-5-16/h3,6,9-10,16-18,20,22H,4-5,7-8,11-13H2,1-2H3,(H,25,28)/t17-,18+,20-,22-/m1/s1. The molecular formula is C23H30N4O3. The van der Waals surface area contributed by atoms with Gasteiger partial charge in [0.05, 0.1) is 29.4 Å². The maximum Gasteiger partial charge on any atom is 0.257 e. The smallest absolute Gasteiger partial charge is 0.257 e. The van der Waals surface area contributed by atoms with Gasteiger partial charge >= 0.3 is 0 Å². The van der Waals surface area contributed by atoms with Crippen LogP contribution in [-0.2, 0) is 9.53 Å². The minimum absolute atomic E-state index is 0.00829. The maximum atomic E-state index is 13.3. The van der Waals surface area contributed by atoms with Crippen LogP contribution in [0.15, 0.2) is 24.5 Å². The van der Waals surface area contributed by atoms with Crippen molar-refractivity contribution < 1.29 is 14.3 Å². The highest BCUT2D eigenvalue weighted by Crippen LogP contribution is 2.39. The van der Waals surface area contributed by atoms with Gasteiger partial charge in [-0.05, 0) is 62.0 Å². The van der Waals surface area contributed by atoms with Gasteiger partial charge in [0.15, 0.2) is 0 Å². The molecule has 1 saturated heterocycles. The topological polar surface area (TPSA) is 75.9 Å². The van der Waals surface area contributed by atoms with Crippen molar-refractivity contribution in [2.75, 3.05) is 19.7 Å². The minimum Gasteiger partial charge on any atom is -0.376 e. The molecule has 0 radical (unpaired) electrons. The maximum absolute atomic E-state index is 13.3. The first-order chi connectivity index (χ1) is 14.5. The summed E-state index contributed by atoms with van der Waals surface area (Å²) in [5.74, 6) is 1.56. The van der Waals surface area contributed by atoms with Gasteiger partial charge in [-0.1, -0.05) is 6.07 Å². The van der Waals surface area contributed by atoms with Crippen LogP contribution in [0.1, 0.15) is 48.5 Å². The van der Waals surface area contributed by atoms with Crippen LogP contribution in [0.4, 0.5) is 0 Å². The summed E-state index contributed by atoms with van der Waals surface area (Å²) in [7, 11) is 0. The van der Waals surface area contributed by atoms with Crippen LogP contribution in [0.25, 0.3) is 5.52 Å². The highest BCUT2D eigenvalue weighted by atomic mass is 16.5. The molecule has 2 aromatic heterocycles. The number of nitrogens with zero attached hydrogens (tertiary/aromatic N) is 3. The molecule has 3 fully saturated rings. The molecule has 0 spiro atoms. The number of carbonyl (C=O) groups excluding carboxylic acids is 2. The fraction of sp³-hybridized carbons (Fsp3) is 0.609. The number of amides is 2. The molecule has 2 aromatic rings. The molecule has 4 atom stereocenters. The van der Waals surface area contributed by atoms with Gasteiger partial charge in [0.1, 0.15) is 0 Å². The quantitative estimate of drug-likeness (QED) is 0.821. The lowest BCUT2D eigenvalue weighted by Crippen LogP contribution is -2.50. The van der Waals surface area contributed by atoms with Gasteiger partial charge in [-0.15, -0.1) is 0 Å². The van der Waals surface area contributed by atoms with Gasteiger partial charge in [-0.25, -0.2) is 4.52 Å². The molecule has 0 unspecified atom stereocenters. The number of rotatable bonds is 5. The predicted octanol–water partition coefficient (Wildman–Crippen LogP) is 2.42. The van der Waals surface area contributed by atoms with Gasteiger partial charge in [0.25, 0.3) is 5.91 Å². The van der Waals surface area contributed by atoms with E-state index >= 15 is 0 Å². The number of ether oxygens (including phenoxy) is 1. The van der Waals surface area contributed by atoms with E-state index in [1.165, 1.54) is 12.8 Å². The monoisotopic (exact) mass is 410 g/mol. The van der Waals surface area contributed by atoms with Gasteiger partial charge < -0.3 is 15.0 Å². The molecule has 0 aromatic carbocycles. The molecule has 3 aliphatic rings. The number of pyridine rings is 1. The molecular weight excluding hydrogens is 380 g/mol. The Kier molecular flexibility index (Phi) is 5.01. The zero-order valence-corrected chi connectivity index (χ0v) is 17.7. The highest BCUT2D eigenvalue weighted by molar-refractivity contribution is 6.00. The summed E-state index contributed by atoms with van der Waals surface area (Å²) < 4.78 is 8.01. The summed E-state index contributed by atoms with van der Waals surface area (Å²) >= 11 is 0. The van der Waals surface area contributed by atoms with Crippen LogP contribution in [0.5, 0.6) is 0 Å². The highest BCUT2D eigenvalue weighted by Gasteiger charge is 2.45. The number of carbonyl (C=O) groups is 2. The Morgan fingerprint density at radius 1 is 1.20 bits per heavy atom. The molecule has 7 nitrogen and oxygen atoms in total. The van der Waals surface area contributed by atoms with Crippen LogP contribution in [-0.4, -0.2) is 58.2 Å². The van der Waals surface area contributed by atoms with Crippen molar-refractivity contribution in [1.82, 2.24) is 19.8 Å². The number of likely N-dealkylation sites (tertiary alicyclic amines) is 1. The van der Waals surface area contributed by atoms with E-state index in [1.807, 2.05) is 30.2 Å². The molecule has 1 N–H and O–H groups in total. The van der Waals surface area contributed by atoms with Crippen LogP contribution in [0.3, 0.4) is 0 Å². The summed E-state index contributed by atoms with van der Waals surface area (Å²) in [5, 5.41) is 7.48. The lowest BCUT2D eigenvalue weighted by molar-refractivity contribution is -0.122. The molecule has 160 valence electrons. The Labute approximate surface area is 176 Å². The van der Waals surface area contributed by atoms with Gasteiger partial charge in [-0.2, -0.15) is 5.10 Å². The Morgan fingerprint density at radius 3 is 2.70 bits per heavy atom. The average molecular weight is 411 g/mol. The average Bonchev–Trinajstić information content (AvgIpc) is 3.30. The van der Waals surface area contributed by atoms with Crippen molar-refractivity contribution in [3.05, 3.63) is 35.7 Å². The van der Waals surface area contributed by atoms with E-state index in [0.29, 0.717) is 23.3 Å². The van der Waals surface area contributed by atoms with E-state index in [0.717, 1.165) is 43.6 Å². The second-order valence-electron chi connectivity index (χ2n) is 9.42. The molecule has 3 heterocycles. The molecule has 2 aliphatic carbocycles. The van der Waals surface area contributed by atoms with Crippen molar-refractivity contribution >= 4 is 17.3 Å². The fourth-order valence-corrected chi connectivity index (χ4v) is 5.14. The largest absolute Gasteiger partial charge is 0.376 e. The molecule has 2 saturated carbocycles. The van der Waals surface area contributed by atoms with Crippen molar-refractivity contribution in [3.8, 4) is 0 Å². The normalized spacial score (nSPS) is 28.5. The Balaban J connectivity index is 1.30. The predicted molar refractivity (Wildman–Crippen MR) is 112 cm³/mol. The van der Waals surface area contributed by atoms with Gasteiger partial charge in [-0.3, -0.25) is 9.59 Å². The van der Waals surface area contributed by atoms with Crippen LogP contribution >= 0.6 is 0 Å². The molecule has 2 amide bonds. The van der Waals surface area contributed by atoms with Crippen LogP contribution in [0, 0.1) is 24.7 Å². The summed E-state index contributed by atoms with van der Waals surface area (Å²) in [4.78, 5) is 27.0. The van der Waals surface area contributed by atoms with E-state index in [2.05, 4.69) is 10.4 Å². The number of hydrogen-bond donors (Lipinski definition) is 1.